The van der Waals surface area contributed by atoms with Crippen LogP contribution in [-0.2, 0) is 13.0 Å². The lowest BCUT2D eigenvalue weighted by molar-refractivity contribution is 0.0695. The fourth-order valence-corrected chi connectivity index (χ4v) is 3.96. The smallest absolute Gasteiger partial charge is 0.292 e. The molecular formula is C14H13N5O2S. The Bertz CT molecular complexity index is 885. The summed E-state index contributed by atoms with van der Waals surface area (Å²) in [5.41, 5.74) is 7.83. The van der Waals surface area contributed by atoms with Crippen molar-refractivity contribution >= 4 is 33.3 Å². The largest absolute Gasteiger partial charge is 0.383 e. The van der Waals surface area contributed by atoms with Crippen molar-refractivity contribution in [3.63, 3.8) is 0 Å². The number of aryl methyl sites for hydroxylation is 1. The van der Waals surface area contributed by atoms with Gasteiger partial charge in [-0.1, -0.05) is 5.16 Å². The lowest BCUT2D eigenvalue weighted by Gasteiger charge is -2.25. The van der Waals surface area contributed by atoms with Crippen molar-refractivity contribution in [2.24, 2.45) is 0 Å². The zero-order valence-corrected chi connectivity index (χ0v) is 12.7. The summed E-state index contributed by atoms with van der Waals surface area (Å²) in [6.07, 6.45) is 2.21. The third-order valence-corrected chi connectivity index (χ3v) is 4.92. The molecule has 4 heterocycles. The van der Waals surface area contributed by atoms with Gasteiger partial charge in [0.15, 0.2) is 0 Å². The van der Waals surface area contributed by atoms with Gasteiger partial charge in [0.25, 0.3) is 5.91 Å². The fourth-order valence-electron chi connectivity index (χ4n) is 2.75. The molecule has 1 aliphatic rings. The highest BCUT2D eigenvalue weighted by Crippen LogP contribution is 2.36. The van der Waals surface area contributed by atoms with Crippen molar-refractivity contribution in [2.75, 3.05) is 12.3 Å². The highest BCUT2D eigenvalue weighted by atomic mass is 32.1. The average Bonchev–Trinajstić information content (AvgIpc) is 3.09. The van der Waals surface area contributed by atoms with Crippen LogP contribution in [0.4, 0.5) is 5.82 Å². The van der Waals surface area contributed by atoms with Crippen LogP contribution in [0.1, 0.15) is 26.7 Å². The molecule has 4 rings (SSSR count). The van der Waals surface area contributed by atoms with Crippen LogP contribution >= 0.6 is 11.3 Å². The Morgan fingerprint density at radius 3 is 3.09 bits per heavy atom. The Morgan fingerprint density at radius 2 is 2.32 bits per heavy atom. The SMILES string of the molecule is Cc1cc(C(=O)N2CCc3c(sc4ncnc(N)c34)C2)on1. The van der Waals surface area contributed by atoms with Crippen molar-refractivity contribution in [2.45, 2.75) is 19.9 Å². The third-order valence-electron chi connectivity index (χ3n) is 3.79. The standard InChI is InChI=1S/C14H13N5O2S/c1-7-4-9(21-18-7)14(20)19-3-2-8-10(5-19)22-13-11(8)12(15)16-6-17-13/h4,6H,2-3,5H2,1H3,(H2,15,16,17). The number of amides is 1. The van der Waals surface area contributed by atoms with E-state index in [1.807, 2.05) is 0 Å². The number of fused-ring (bicyclic) bond motifs is 3. The number of thiophene rings is 1. The normalized spacial score (nSPS) is 14.3. The highest BCUT2D eigenvalue weighted by molar-refractivity contribution is 7.19. The van der Waals surface area contributed by atoms with Gasteiger partial charge in [0.2, 0.25) is 5.76 Å². The molecule has 112 valence electrons. The molecule has 7 nitrogen and oxygen atoms in total. The molecule has 22 heavy (non-hydrogen) atoms. The summed E-state index contributed by atoms with van der Waals surface area (Å²) in [5, 5.41) is 4.70. The maximum Gasteiger partial charge on any atom is 0.292 e. The number of anilines is 1. The summed E-state index contributed by atoms with van der Waals surface area (Å²) in [6, 6.07) is 1.66. The Labute approximate surface area is 129 Å². The molecule has 1 aliphatic heterocycles. The number of nitrogens with two attached hydrogens (primary N) is 1. The first-order valence-corrected chi connectivity index (χ1v) is 7.68. The Balaban J connectivity index is 1.68. The molecule has 0 spiro atoms. The number of nitrogen functional groups attached to an aromatic ring is 1. The van der Waals surface area contributed by atoms with Crippen molar-refractivity contribution in [1.29, 1.82) is 0 Å². The Hall–Kier alpha value is -2.48. The number of aromatic nitrogens is 3. The summed E-state index contributed by atoms with van der Waals surface area (Å²) in [7, 11) is 0. The Kier molecular flexibility index (Phi) is 2.86. The van der Waals surface area contributed by atoms with Crippen LogP contribution in [0.15, 0.2) is 16.9 Å². The van der Waals surface area contributed by atoms with Gasteiger partial charge in [0.05, 0.1) is 17.6 Å². The molecule has 0 aliphatic carbocycles. The molecule has 0 atom stereocenters. The molecule has 0 unspecified atom stereocenters. The van der Waals surface area contributed by atoms with Crippen molar-refractivity contribution < 1.29 is 9.32 Å². The number of hydrogen-bond acceptors (Lipinski definition) is 7. The minimum absolute atomic E-state index is 0.136. The van der Waals surface area contributed by atoms with E-state index in [4.69, 9.17) is 10.3 Å². The van der Waals surface area contributed by atoms with Gasteiger partial charge in [-0.05, 0) is 18.9 Å². The molecule has 0 bridgehead atoms. The maximum absolute atomic E-state index is 12.4. The van der Waals surface area contributed by atoms with E-state index in [1.165, 1.54) is 6.33 Å². The van der Waals surface area contributed by atoms with Gasteiger partial charge in [-0.3, -0.25) is 4.79 Å². The number of carbonyl (C=O) groups is 1. The van der Waals surface area contributed by atoms with E-state index >= 15 is 0 Å². The summed E-state index contributed by atoms with van der Waals surface area (Å²) < 4.78 is 5.07. The van der Waals surface area contributed by atoms with Crippen LogP contribution in [-0.4, -0.2) is 32.5 Å². The summed E-state index contributed by atoms with van der Waals surface area (Å²) in [4.78, 5) is 24.5. The van der Waals surface area contributed by atoms with E-state index in [2.05, 4.69) is 15.1 Å². The zero-order valence-electron chi connectivity index (χ0n) is 11.9. The molecule has 0 saturated carbocycles. The molecule has 0 radical (unpaired) electrons. The molecule has 0 aromatic carbocycles. The second-order valence-corrected chi connectivity index (χ2v) is 6.34. The van der Waals surface area contributed by atoms with Crippen LogP contribution in [0.3, 0.4) is 0 Å². The number of rotatable bonds is 1. The minimum atomic E-state index is -0.136. The van der Waals surface area contributed by atoms with Crippen LogP contribution in [0.25, 0.3) is 10.2 Å². The van der Waals surface area contributed by atoms with Crippen LogP contribution in [0.5, 0.6) is 0 Å². The molecule has 3 aromatic heterocycles. The van der Waals surface area contributed by atoms with E-state index in [-0.39, 0.29) is 11.7 Å². The Morgan fingerprint density at radius 1 is 1.45 bits per heavy atom. The maximum atomic E-state index is 12.4. The lowest BCUT2D eigenvalue weighted by Crippen LogP contribution is -2.35. The topological polar surface area (TPSA) is 98.1 Å². The molecule has 8 heteroatoms. The first-order chi connectivity index (χ1) is 10.6. The number of nitrogens with zero attached hydrogens (tertiary/aromatic N) is 4. The molecule has 0 fully saturated rings. The monoisotopic (exact) mass is 315 g/mol. The van der Waals surface area contributed by atoms with Gasteiger partial charge in [0, 0.05) is 17.5 Å². The third kappa shape index (κ3) is 1.95. The van der Waals surface area contributed by atoms with Crippen LogP contribution < -0.4 is 5.73 Å². The highest BCUT2D eigenvalue weighted by Gasteiger charge is 2.28. The second kappa shape index (κ2) is 4.77. The van der Waals surface area contributed by atoms with Gasteiger partial charge in [-0.25, -0.2) is 9.97 Å². The number of carbonyl (C=O) groups excluding carboxylic acids is 1. The average molecular weight is 315 g/mol. The predicted octanol–water partition coefficient (Wildman–Crippen LogP) is 1.77. The molecule has 3 aromatic rings. The molecule has 1 amide bonds. The van der Waals surface area contributed by atoms with Gasteiger partial charge in [-0.15, -0.1) is 11.3 Å². The van der Waals surface area contributed by atoms with E-state index in [9.17, 15) is 4.79 Å². The second-order valence-electron chi connectivity index (χ2n) is 5.25. The quantitative estimate of drug-likeness (QED) is 0.735. The van der Waals surface area contributed by atoms with E-state index in [0.29, 0.717) is 24.6 Å². The van der Waals surface area contributed by atoms with Gasteiger partial charge in [-0.2, -0.15) is 0 Å². The van der Waals surface area contributed by atoms with E-state index in [1.54, 1.807) is 29.2 Å². The van der Waals surface area contributed by atoms with Gasteiger partial charge < -0.3 is 15.2 Å². The van der Waals surface area contributed by atoms with E-state index < -0.39 is 0 Å². The first kappa shape index (κ1) is 13.2. The van der Waals surface area contributed by atoms with Crippen molar-refractivity contribution in [1.82, 2.24) is 20.0 Å². The predicted molar refractivity (Wildman–Crippen MR) is 81.5 cm³/mol. The molecule has 2 N–H and O–H groups in total. The molecule has 0 saturated heterocycles. The first-order valence-electron chi connectivity index (χ1n) is 6.87. The van der Waals surface area contributed by atoms with Crippen molar-refractivity contribution in [3.8, 4) is 0 Å². The van der Waals surface area contributed by atoms with Gasteiger partial charge in [0.1, 0.15) is 17.0 Å². The lowest BCUT2D eigenvalue weighted by atomic mass is 10.0. The molecular weight excluding hydrogens is 302 g/mol. The minimum Gasteiger partial charge on any atom is -0.383 e. The van der Waals surface area contributed by atoms with E-state index in [0.717, 1.165) is 27.1 Å². The zero-order chi connectivity index (χ0) is 15.3. The summed E-state index contributed by atoms with van der Waals surface area (Å²) in [5.74, 6) is 0.650. The number of hydrogen-bond donors (Lipinski definition) is 1. The summed E-state index contributed by atoms with van der Waals surface area (Å²) in [6.45, 7) is 2.95. The van der Waals surface area contributed by atoms with Gasteiger partial charge >= 0.3 is 0 Å². The van der Waals surface area contributed by atoms with Crippen molar-refractivity contribution in [3.05, 3.63) is 34.3 Å². The van der Waals surface area contributed by atoms with Crippen LogP contribution in [0, 0.1) is 6.92 Å². The fraction of sp³-hybridized carbons (Fsp3) is 0.286. The van der Waals surface area contributed by atoms with Crippen LogP contribution in [0.2, 0.25) is 0 Å². The summed E-state index contributed by atoms with van der Waals surface area (Å²) >= 11 is 1.56.